The number of rotatable bonds is 5. The first-order chi connectivity index (χ1) is 11.6. The van der Waals surface area contributed by atoms with Crippen LogP contribution in [-0.2, 0) is 21.4 Å². The highest BCUT2D eigenvalue weighted by Crippen LogP contribution is 2.19. The highest BCUT2D eigenvalue weighted by molar-refractivity contribution is 7.89. The predicted molar refractivity (Wildman–Crippen MR) is 91.6 cm³/mol. The number of nitrogens with one attached hydrogen (secondary N) is 1. The summed E-state index contributed by atoms with van der Waals surface area (Å²) >= 11 is 5.63. The molecule has 0 unspecified atom stereocenters. The van der Waals surface area contributed by atoms with Crippen LogP contribution in [0, 0.1) is 5.82 Å². The van der Waals surface area contributed by atoms with Gasteiger partial charge in [-0.25, -0.2) is 17.1 Å². The van der Waals surface area contributed by atoms with Crippen LogP contribution in [0.1, 0.15) is 0 Å². The zero-order valence-electron chi connectivity index (χ0n) is 13.4. The van der Waals surface area contributed by atoms with Crippen molar-refractivity contribution in [2.75, 3.05) is 19.4 Å². The Morgan fingerprint density at radius 3 is 2.56 bits per heavy atom. The second-order valence-corrected chi connectivity index (χ2v) is 7.85. The second kappa shape index (κ2) is 7.34. The van der Waals surface area contributed by atoms with Crippen molar-refractivity contribution < 1.29 is 17.6 Å². The third-order valence-electron chi connectivity index (χ3n) is 3.25. The lowest BCUT2D eigenvalue weighted by atomic mass is 10.3. The summed E-state index contributed by atoms with van der Waals surface area (Å²) in [5.74, 6) is -1.22. The molecule has 2 rings (SSSR count). The van der Waals surface area contributed by atoms with Crippen molar-refractivity contribution >= 4 is 33.2 Å². The van der Waals surface area contributed by atoms with Crippen LogP contribution >= 0.6 is 11.6 Å². The van der Waals surface area contributed by atoms with Crippen LogP contribution in [0.4, 0.5) is 10.1 Å². The highest BCUT2D eigenvalue weighted by atomic mass is 35.5. The molecule has 1 aromatic carbocycles. The van der Waals surface area contributed by atoms with Crippen LogP contribution in [0.5, 0.6) is 0 Å². The van der Waals surface area contributed by atoms with Gasteiger partial charge >= 0.3 is 0 Å². The lowest BCUT2D eigenvalue weighted by Gasteiger charge is -2.13. The SMILES string of the molecule is CN(C)S(=O)(=O)c1ccc(=O)n(CC(=O)Nc2ccc(F)c(Cl)c2)c1. The van der Waals surface area contributed by atoms with Gasteiger partial charge in [-0.15, -0.1) is 0 Å². The van der Waals surface area contributed by atoms with E-state index in [4.69, 9.17) is 11.6 Å². The third kappa shape index (κ3) is 4.44. The Morgan fingerprint density at radius 1 is 1.28 bits per heavy atom. The quantitative estimate of drug-likeness (QED) is 0.842. The van der Waals surface area contributed by atoms with E-state index >= 15 is 0 Å². The summed E-state index contributed by atoms with van der Waals surface area (Å²) < 4.78 is 39.3. The average molecular weight is 388 g/mol. The molecule has 0 bridgehead atoms. The summed E-state index contributed by atoms with van der Waals surface area (Å²) in [5, 5.41) is 2.30. The first-order valence-electron chi connectivity index (χ1n) is 6.99. The smallest absolute Gasteiger partial charge is 0.251 e. The molecule has 0 saturated heterocycles. The molecule has 0 spiro atoms. The Morgan fingerprint density at radius 2 is 1.96 bits per heavy atom. The van der Waals surface area contributed by atoms with E-state index in [-0.39, 0.29) is 15.6 Å². The minimum Gasteiger partial charge on any atom is -0.324 e. The zero-order chi connectivity index (χ0) is 18.8. The molecule has 1 heterocycles. The second-order valence-electron chi connectivity index (χ2n) is 5.30. The average Bonchev–Trinajstić information content (AvgIpc) is 2.52. The molecule has 0 aliphatic heterocycles. The molecule has 0 saturated carbocycles. The molecule has 1 N–H and O–H groups in total. The Hall–Kier alpha value is -2.23. The van der Waals surface area contributed by atoms with Gasteiger partial charge in [0, 0.05) is 32.0 Å². The van der Waals surface area contributed by atoms with Crippen LogP contribution in [0.3, 0.4) is 0 Å². The van der Waals surface area contributed by atoms with E-state index < -0.39 is 33.9 Å². The number of halogens is 2. The fourth-order valence-corrected chi connectivity index (χ4v) is 3.03. The van der Waals surface area contributed by atoms with Crippen molar-refractivity contribution in [1.82, 2.24) is 8.87 Å². The number of amides is 1. The number of carbonyl (C=O) groups is 1. The molecule has 0 atom stereocenters. The van der Waals surface area contributed by atoms with Crippen LogP contribution < -0.4 is 10.9 Å². The molecule has 0 fully saturated rings. The van der Waals surface area contributed by atoms with E-state index in [9.17, 15) is 22.4 Å². The summed E-state index contributed by atoms with van der Waals surface area (Å²) in [7, 11) is -1.02. The van der Waals surface area contributed by atoms with Crippen molar-refractivity contribution in [3.63, 3.8) is 0 Å². The summed E-state index contributed by atoms with van der Waals surface area (Å²) in [6.07, 6.45) is 1.09. The lowest BCUT2D eigenvalue weighted by molar-refractivity contribution is -0.116. The van der Waals surface area contributed by atoms with Crippen LogP contribution in [0.15, 0.2) is 46.2 Å². The Bertz CT molecular complexity index is 973. The first kappa shape index (κ1) is 19.1. The van der Waals surface area contributed by atoms with E-state index in [1.807, 2.05) is 0 Å². The summed E-state index contributed by atoms with van der Waals surface area (Å²) in [5.41, 5.74) is -0.286. The minimum absolute atomic E-state index is 0.116. The third-order valence-corrected chi connectivity index (χ3v) is 5.34. The van der Waals surface area contributed by atoms with Gasteiger partial charge in [0.15, 0.2) is 0 Å². The van der Waals surface area contributed by atoms with Crippen molar-refractivity contribution in [2.24, 2.45) is 0 Å². The molecule has 10 heteroatoms. The molecule has 0 aliphatic carbocycles. The van der Waals surface area contributed by atoms with E-state index in [1.165, 1.54) is 32.3 Å². The molecular formula is C15H15ClFN3O4S. The maximum atomic E-state index is 13.1. The fraction of sp³-hybridized carbons (Fsp3) is 0.200. The van der Waals surface area contributed by atoms with Crippen LogP contribution in [-0.4, -0.2) is 37.3 Å². The number of carbonyl (C=O) groups excluding carboxylic acids is 1. The topological polar surface area (TPSA) is 88.5 Å². The van der Waals surface area contributed by atoms with E-state index in [0.717, 1.165) is 27.2 Å². The number of hydrogen-bond donors (Lipinski definition) is 1. The molecule has 0 aliphatic rings. The van der Waals surface area contributed by atoms with Crippen LogP contribution in [0.2, 0.25) is 5.02 Å². The van der Waals surface area contributed by atoms with Gasteiger partial charge in [-0.05, 0) is 24.3 Å². The van der Waals surface area contributed by atoms with Gasteiger partial charge in [0.25, 0.3) is 5.56 Å². The van der Waals surface area contributed by atoms with Gasteiger partial charge in [-0.1, -0.05) is 11.6 Å². The summed E-state index contributed by atoms with van der Waals surface area (Å²) in [6.45, 7) is -0.412. The van der Waals surface area contributed by atoms with E-state index in [0.29, 0.717) is 0 Å². The minimum atomic E-state index is -3.74. The van der Waals surface area contributed by atoms with E-state index in [2.05, 4.69) is 5.32 Å². The van der Waals surface area contributed by atoms with Crippen LogP contribution in [0.25, 0.3) is 0 Å². The number of sulfonamides is 1. The molecule has 25 heavy (non-hydrogen) atoms. The number of pyridine rings is 1. The standard InChI is InChI=1S/C15H15ClFN3O4S/c1-19(2)25(23,24)11-4-6-15(22)20(8-11)9-14(21)18-10-3-5-13(17)12(16)7-10/h3-8H,9H2,1-2H3,(H,18,21). The van der Waals surface area contributed by atoms with Crippen molar-refractivity contribution in [2.45, 2.75) is 11.4 Å². The van der Waals surface area contributed by atoms with Crippen molar-refractivity contribution in [3.8, 4) is 0 Å². The number of aromatic nitrogens is 1. The molecule has 1 amide bonds. The van der Waals surface area contributed by atoms with Crippen molar-refractivity contribution in [3.05, 3.63) is 57.7 Å². The largest absolute Gasteiger partial charge is 0.324 e. The number of hydrogen-bond acceptors (Lipinski definition) is 4. The summed E-state index contributed by atoms with van der Waals surface area (Å²) in [4.78, 5) is 23.8. The summed E-state index contributed by atoms with van der Waals surface area (Å²) in [6, 6.07) is 5.87. The van der Waals surface area contributed by atoms with Gasteiger partial charge in [0.2, 0.25) is 15.9 Å². The van der Waals surface area contributed by atoms with E-state index in [1.54, 1.807) is 0 Å². The van der Waals surface area contributed by atoms with Gasteiger partial charge in [0.1, 0.15) is 12.4 Å². The number of anilines is 1. The molecular weight excluding hydrogens is 373 g/mol. The predicted octanol–water partition coefficient (Wildman–Crippen LogP) is 1.53. The monoisotopic (exact) mass is 387 g/mol. The van der Waals surface area contributed by atoms with Gasteiger partial charge in [0.05, 0.1) is 9.92 Å². The molecule has 7 nitrogen and oxygen atoms in total. The Labute approximate surface area is 148 Å². The van der Waals surface area contributed by atoms with Gasteiger partial charge in [-0.2, -0.15) is 0 Å². The number of nitrogens with zero attached hydrogens (tertiary/aromatic N) is 2. The maximum Gasteiger partial charge on any atom is 0.251 e. The highest BCUT2D eigenvalue weighted by Gasteiger charge is 2.18. The fourth-order valence-electron chi connectivity index (χ4n) is 1.93. The lowest BCUT2D eigenvalue weighted by Crippen LogP contribution is -2.29. The Balaban J connectivity index is 2.23. The molecule has 1 aromatic heterocycles. The van der Waals surface area contributed by atoms with Gasteiger partial charge in [-0.3, -0.25) is 9.59 Å². The van der Waals surface area contributed by atoms with Gasteiger partial charge < -0.3 is 9.88 Å². The molecule has 2 aromatic rings. The van der Waals surface area contributed by atoms with Crippen molar-refractivity contribution in [1.29, 1.82) is 0 Å². The maximum absolute atomic E-state index is 13.1. The molecule has 0 radical (unpaired) electrons. The Kier molecular flexibility index (Phi) is 5.61. The number of benzene rings is 1. The zero-order valence-corrected chi connectivity index (χ0v) is 14.9. The normalized spacial score (nSPS) is 11.6. The molecule has 134 valence electrons. The first-order valence-corrected chi connectivity index (χ1v) is 8.81.